The Morgan fingerprint density at radius 3 is 2.52 bits per heavy atom. The topological polar surface area (TPSA) is 103 Å². The monoisotopic (exact) mass is 470 g/mol. The molecular formula is C22H23FN6O3S. The van der Waals surface area contributed by atoms with Crippen LogP contribution in [0.5, 0.6) is 0 Å². The van der Waals surface area contributed by atoms with Crippen LogP contribution in [-0.4, -0.2) is 61.4 Å². The van der Waals surface area contributed by atoms with Crippen molar-refractivity contribution in [1.82, 2.24) is 29.9 Å². The number of carbonyl (C=O) groups is 2. The summed E-state index contributed by atoms with van der Waals surface area (Å²) in [4.78, 5) is 35.4. The number of hydrogen-bond donors (Lipinski definition) is 0. The third-order valence-electron chi connectivity index (χ3n) is 5.32. The van der Waals surface area contributed by atoms with Crippen LogP contribution in [0.2, 0.25) is 0 Å². The van der Waals surface area contributed by atoms with Gasteiger partial charge in [0.1, 0.15) is 5.82 Å². The Kier molecular flexibility index (Phi) is 7.28. The van der Waals surface area contributed by atoms with E-state index in [-0.39, 0.29) is 29.3 Å². The zero-order chi connectivity index (χ0) is 23.2. The first-order chi connectivity index (χ1) is 16.1. The Labute approximate surface area is 194 Å². The summed E-state index contributed by atoms with van der Waals surface area (Å²) in [6.45, 7) is 2.98. The molecule has 0 saturated carbocycles. The van der Waals surface area contributed by atoms with Gasteiger partial charge in [-0.05, 0) is 50.1 Å². The minimum Gasteiger partial charge on any atom is -0.466 e. The summed E-state index contributed by atoms with van der Waals surface area (Å²) in [6.07, 6.45) is 4.37. The largest absolute Gasteiger partial charge is 0.466 e. The van der Waals surface area contributed by atoms with E-state index >= 15 is 0 Å². The van der Waals surface area contributed by atoms with E-state index in [0.717, 1.165) is 0 Å². The maximum atomic E-state index is 13.4. The van der Waals surface area contributed by atoms with E-state index in [1.807, 2.05) is 0 Å². The lowest BCUT2D eigenvalue weighted by Crippen LogP contribution is -2.41. The Bertz CT molecular complexity index is 1100. The molecule has 3 heterocycles. The Morgan fingerprint density at radius 1 is 1.15 bits per heavy atom. The van der Waals surface area contributed by atoms with Crippen molar-refractivity contribution in [3.05, 3.63) is 59.9 Å². The van der Waals surface area contributed by atoms with Crippen LogP contribution in [0.1, 0.15) is 35.9 Å². The zero-order valence-corrected chi connectivity index (χ0v) is 18.9. The number of piperidine rings is 1. The van der Waals surface area contributed by atoms with Crippen LogP contribution in [0.4, 0.5) is 4.39 Å². The molecule has 1 amide bonds. The lowest BCUT2D eigenvalue weighted by atomic mass is 9.97. The van der Waals surface area contributed by atoms with Crippen molar-refractivity contribution < 1.29 is 18.7 Å². The number of likely N-dealkylation sites (tertiary alicyclic amines) is 1. The third-order valence-corrected chi connectivity index (χ3v) is 6.21. The first-order valence-electron chi connectivity index (χ1n) is 10.6. The average Bonchev–Trinajstić information content (AvgIpc) is 3.27. The molecule has 172 valence electrons. The SMILES string of the molecule is CCOC(=O)C1CCN(C(=O)c2nnn(-c3ccc(F)cc3)c2CSc2ncccn2)CC1. The first-order valence-corrected chi connectivity index (χ1v) is 11.6. The zero-order valence-electron chi connectivity index (χ0n) is 18.1. The van der Waals surface area contributed by atoms with Crippen LogP contribution in [0.3, 0.4) is 0 Å². The van der Waals surface area contributed by atoms with Gasteiger partial charge in [-0.15, -0.1) is 5.10 Å². The highest BCUT2D eigenvalue weighted by Crippen LogP contribution is 2.25. The fourth-order valence-electron chi connectivity index (χ4n) is 3.61. The fourth-order valence-corrected chi connectivity index (χ4v) is 4.40. The van der Waals surface area contributed by atoms with Gasteiger partial charge in [-0.3, -0.25) is 9.59 Å². The minimum atomic E-state index is -0.367. The van der Waals surface area contributed by atoms with Gasteiger partial charge in [0.05, 0.1) is 23.9 Å². The van der Waals surface area contributed by atoms with Gasteiger partial charge in [-0.2, -0.15) is 0 Å². The highest BCUT2D eigenvalue weighted by molar-refractivity contribution is 7.98. The second-order valence-corrected chi connectivity index (χ2v) is 8.35. The van der Waals surface area contributed by atoms with Gasteiger partial charge in [-0.1, -0.05) is 17.0 Å². The minimum absolute atomic E-state index is 0.200. The van der Waals surface area contributed by atoms with Crippen molar-refractivity contribution in [3.8, 4) is 5.69 Å². The lowest BCUT2D eigenvalue weighted by Gasteiger charge is -2.30. The molecule has 0 atom stereocenters. The summed E-state index contributed by atoms with van der Waals surface area (Å²) in [5, 5.41) is 8.90. The fraction of sp³-hybridized carbons (Fsp3) is 0.364. The molecule has 1 aliphatic heterocycles. The first kappa shape index (κ1) is 22.8. The smallest absolute Gasteiger partial charge is 0.309 e. The highest BCUT2D eigenvalue weighted by Gasteiger charge is 2.31. The maximum Gasteiger partial charge on any atom is 0.309 e. The average molecular weight is 471 g/mol. The molecule has 1 aromatic carbocycles. The van der Waals surface area contributed by atoms with Gasteiger partial charge in [-0.25, -0.2) is 19.0 Å². The lowest BCUT2D eigenvalue weighted by molar-refractivity contribution is -0.149. The van der Waals surface area contributed by atoms with E-state index in [1.165, 1.54) is 28.6 Å². The van der Waals surface area contributed by atoms with Crippen LogP contribution in [0, 0.1) is 11.7 Å². The molecule has 3 aromatic rings. The number of carbonyl (C=O) groups excluding carboxylic acids is 2. The van der Waals surface area contributed by atoms with Crippen molar-refractivity contribution in [2.24, 2.45) is 5.92 Å². The van der Waals surface area contributed by atoms with Gasteiger partial charge in [0, 0.05) is 31.2 Å². The molecule has 0 radical (unpaired) electrons. The van der Waals surface area contributed by atoms with Crippen LogP contribution in [0.15, 0.2) is 47.9 Å². The molecule has 0 N–H and O–H groups in total. The molecular weight excluding hydrogens is 447 g/mol. The maximum absolute atomic E-state index is 13.4. The predicted octanol–water partition coefficient (Wildman–Crippen LogP) is 2.90. The third kappa shape index (κ3) is 5.36. The van der Waals surface area contributed by atoms with Crippen molar-refractivity contribution in [3.63, 3.8) is 0 Å². The van der Waals surface area contributed by atoms with Gasteiger partial charge in [0.25, 0.3) is 5.91 Å². The summed E-state index contributed by atoms with van der Waals surface area (Å²) in [6, 6.07) is 7.54. The normalized spacial score (nSPS) is 14.3. The summed E-state index contributed by atoms with van der Waals surface area (Å²) < 4.78 is 20.1. The second-order valence-electron chi connectivity index (χ2n) is 7.41. The van der Waals surface area contributed by atoms with E-state index in [0.29, 0.717) is 54.8 Å². The Balaban J connectivity index is 1.56. The van der Waals surface area contributed by atoms with Gasteiger partial charge in [0.15, 0.2) is 10.9 Å². The number of thioether (sulfide) groups is 1. The Hall–Kier alpha value is -3.34. The molecule has 0 spiro atoms. The second kappa shape index (κ2) is 10.5. The van der Waals surface area contributed by atoms with Crippen molar-refractivity contribution in [1.29, 1.82) is 0 Å². The number of ether oxygens (including phenoxy) is 1. The van der Waals surface area contributed by atoms with Crippen molar-refractivity contribution in [2.75, 3.05) is 19.7 Å². The standard InChI is InChI=1S/C22H23FN6O3S/c1-2-32-21(31)15-8-12-28(13-9-15)20(30)19-18(14-33-22-24-10-3-11-25-22)29(27-26-19)17-6-4-16(23)5-7-17/h3-7,10-11,15H,2,8-9,12-14H2,1H3. The van der Waals surface area contributed by atoms with Crippen LogP contribution < -0.4 is 0 Å². The molecule has 0 unspecified atom stereocenters. The molecule has 11 heteroatoms. The molecule has 0 bridgehead atoms. The number of halogens is 1. The van der Waals surface area contributed by atoms with E-state index < -0.39 is 0 Å². The predicted molar refractivity (Wildman–Crippen MR) is 118 cm³/mol. The molecule has 2 aromatic heterocycles. The summed E-state index contributed by atoms with van der Waals surface area (Å²) >= 11 is 1.35. The molecule has 9 nitrogen and oxygen atoms in total. The molecule has 4 rings (SSSR count). The van der Waals surface area contributed by atoms with Gasteiger partial charge >= 0.3 is 5.97 Å². The summed E-state index contributed by atoms with van der Waals surface area (Å²) in [5.41, 5.74) is 1.38. The van der Waals surface area contributed by atoms with Crippen LogP contribution in [0.25, 0.3) is 5.69 Å². The number of benzene rings is 1. The van der Waals surface area contributed by atoms with Crippen molar-refractivity contribution in [2.45, 2.75) is 30.7 Å². The Morgan fingerprint density at radius 2 is 1.85 bits per heavy atom. The van der Waals surface area contributed by atoms with E-state index in [1.54, 1.807) is 42.4 Å². The number of hydrogen-bond acceptors (Lipinski definition) is 8. The molecule has 1 aliphatic rings. The molecule has 33 heavy (non-hydrogen) atoms. The molecule has 1 saturated heterocycles. The summed E-state index contributed by atoms with van der Waals surface area (Å²) in [5.74, 6) is -0.696. The summed E-state index contributed by atoms with van der Waals surface area (Å²) in [7, 11) is 0. The van der Waals surface area contributed by atoms with Gasteiger partial charge in [0.2, 0.25) is 0 Å². The van der Waals surface area contributed by atoms with E-state index in [2.05, 4.69) is 20.3 Å². The van der Waals surface area contributed by atoms with E-state index in [4.69, 9.17) is 4.74 Å². The van der Waals surface area contributed by atoms with Gasteiger partial charge < -0.3 is 9.64 Å². The molecule has 1 fully saturated rings. The highest BCUT2D eigenvalue weighted by atomic mass is 32.2. The van der Waals surface area contributed by atoms with Crippen molar-refractivity contribution >= 4 is 23.6 Å². The number of esters is 1. The number of aromatic nitrogens is 5. The van der Waals surface area contributed by atoms with E-state index in [9.17, 15) is 14.0 Å². The number of nitrogens with zero attached hydrogens (tertiary/aromatic N) is 6. The molecule has 0 aliphatic carbocycles. The quantitative estimate of drug-likeness (QED) is 0.295. The number of amides is 1. The van der Waals surface area contributed by atoms with Crippen LogP contribution >= 0.6 is 11.8 Å². The van der Waals surface area contributed by atoms with Crippen LogP contribution in [-0.2, 0) is 15.3 Å². The number of rotatable bonds is 7.